The van der Waals surface area contributed by atoms with Crippen molar-refractivity contribution in [3.05, 3.63) is 29.6 Å². The molecule has 0 unspecified atom stereocenters. The van der Waals surface area contributed by atoms with Crippen LogP contribution in [0.4, 0.5) is 0 Å². The lowest BCUT2D eigenvalue weighted by Crippen LogP contribution is -2.28. The zero-order chi connectivity index (χ0) is 11.2. The molecule has 1 N–H and O–H groups in total. The van der Waals surface area contributed by atoms with Crippen molar-refractivity contribution in [1.82, 2.24) is 15.2 Å². The molecule has 0 aromatic carbocycles. The van der Waals surface area contributed by atoms with Gasteiger partial charge in [0.2, 0.25) is 0 Å². The fourth-order valence-corrected chi connectivity index (χ4v) is 1.97. The lowest BCUT2D eigenvalue weighted by molar-refractivity contribution is 0.284. The van der Waals surface area contributed by atoms with E-state index in [0.29, 0.717) is 5.69 Å². The van der Waals surface area contributed by atoms with Gasteiger partial charge in [-0.1, -0.05) is 6.07 Å². The largest absolute Gasteiger partial charge is 0.315 e. The van der Waals surface area contributed by atoms with E-state index in [0.717, 1.165) is 38.3 Å². The van der Waals surface area contributed by atoms with E-state index >= 15 is 0 Å². The summed E-state index contributed by atoms with van der Waals surface area (Å²) in [7, 11) is 0. The summed E-state index contributed by atoms with van der Waals surface area (Å²) < 4.78 is 0. The van der Waals surface area contributed by atoms with Crippen LogP contribution in [-0.4, -0.2) is 36.1 Å². The highest BCUT2D eigenvalue weighted by atomic mass is 15.1. The van der Waals surface area contributed by atoms with Gasteiger partial charge in [0, 0.05) is 31.4 Å². The molecule has 0 aliphatic carbocycles. The molecule has 0 radical (unpaired) electrons. The van der Waals surface area contributed by atoms with Crippen molar-refractivity contribution in [3.8, 4) is 6.07 Å². The van der Waals surface area contributed by atoms with Gasteiger partial charge in [-0.15, -0.1) is 0 Å². The molecule has 0 spiro atoms. The molecule has 1 aliphatic heterocycles. The first-order chi connectivity index (χ1) is 7.90. The SMILES string of the molecule is N#Cc1ncccc1CN1CCCNCC1. The predicted molar refractivity (Wildman–Crippen MR) is 61.7 cm³/mol. The molecule has 84 valence electrons. The maximum Gasteiger partial charge on any atom is 0.144 e. The Balaban J connectivity index is 2.05. The highest BCUT2D eigenvalue weighted by Crippen LogP contribution is 2.09. The Bertz CT molecular complexity index is 375. The van der Waals surface area contributed by atoms with Gasteiger partial charge in [-0.3, -0.25) is 4.90 Å². The van der Waals surface area contributed by atoms with Crippen LogP contribution < -0.4 is 5.32 Å². The summed E-state index contributed by atoms with van der Waals surface area (Å²) in [5, 5.41) is 12.3. The number of hydrogen-bond donors (Lipinski definition) is 1. The molecule has 1 saturated heterocycles. The van der Waals surface area contributed by atoms with Gasteiger partial charge in [0.05, 0.1) is 0 Å². The van der Waals surface area contributed by atoms with Gasteiger partial charge < -0.3 is 5.32 Å². The van der Waals surface area contributed by atoms with Gasteiger partial charge in [-0.2, -0.15) is 5.26 Å². The second-order valence-electron chi connectivity index (χ2n) is 4.00. The van der Waals surface area contributed by atoms with Crippen molar-refractivity contribution >= 4 is 0 Å². The molecule has 4 nitrogen and oxygen atoms in total. The quantitative estimate of drug-likeness (QED) is 0.792. The normalized spacial score (nSPS) is 17.7. The maximum absolute atomic E-state index is 8.96. The monoisotopic (exact) mass is 216 g/mol. The number of aromatic nitrogens is 1. The summed E-state index contributed by atoms with van der Waals surface area (Å²) in [5.41, 5.74) is 1.59. The molecule has 0 atom stereocenters. The Morgan fingerprint density at radius 1 is 1.44 bits per heavy atom. The van der Waals surface area contributed by atoms with Crippen LogP contribution in [0.15, 0.2) is 18.3 Å². The van der Waals surface area contributed by atoms with Crippen molar-refractivity contribution in [3.63, 3.8) is 0 Å². The summed E-state index contributed by atoms with van der Waals surface area (Å²) in [6.07, 6.45) is 2.84. The smallest absolute Gasteiger partial charge is 0.144 e. The first kappa shape index (κ1) is 11.1. The standard InChI is InChI=1S/C12H16N4/c13-9-12-11(3-1-5-15-12)10-16-7-2-4-14-6-8-16/h1,3,5,14H,2,4,6-8,10H2. The van der Waals surface area contributed by atoms with Crippen molar-refractivity contribution < 1.29 is 0 Å². The molecular formula is C12H16N4. The average Bonchev–Trinajstić information content (AvgIpc) is 2.58. The number of nitrogens with one attached hydrogen (secondary N) is 1. The molecule has 4 heteroatoms. The minimum Gasteiger partial charge on any atom is -0.315 e. The molecular weight excluding hydrogens is 200 g/mol. The molecule has 0 bridgehead atoms. The van der Waals surface area contributed by atoms with E-state index in [9.17, 15) is 0 Å². The Hall–Kier alpha value is -1.44. The summed E-state index contributed by atoms with van der Waals surface area (Å²) in [4.78, 5) is 6.46. The fourth-order valence-electron chi connectivity index (χ4n) is 1.97. The van der Waals surface area contributed by atoms with Crippen LogP contribution in [0.2, 0.25) is 0 Å². The average molecular weight is 216 g/mol. The highest BCUT2D eigenvalue weighted by Gasteiger charge is 2.11. The van der Waals surface area contributed by atoms with Gasteiger partial charge in [0.15, 0.2) is 0 Å². The summed E-state index contributed by atoms with van der Waals surface area (Å²) in [6.45, 7) is 5.09. The minimum atomic E-state index is 0.555. The zero-order valence-electron chi connectivity index (χ0n) is 9.32. The van der Waals surface area contributed by atoms with Gasteiger partial charge in [-0.05, 0) is 25.6 Å². The first-order valence-corrected chi connectivity index (χ1v) is 5.67. The molecule has 1 aromatic rings. The summed E-state index contributed by atoms with van der Waals surface area (Å²) in [5.74, 6) is 0. The zero-order valence-corrected chi connectivity index (χ0v) is 9.32. The van der Waals surface area contributed by atoms with Crippen molar-refractivity contribution in [1.29, 1.82) is 5.26 Å². The van der Waals surface area contributed by atoms with E-state index in [1.807, 2.05) is 12.1 Å². The van der Waals surface area contributed by atoms with Crippen LogP contribution in [0.5, 0.6) is 0 Å². The lowest BCUT2D eigenvalue weighted by Gasteiger charge is -2.19. The number of nitriles is 1. The Labute approximate surface area is 95.9 Å². The molecule has 0 amide bonds. The molecule has 2 heterocycles. The van der Waals surface area contributed by atoms with Crippen LogP contribution in [0.3, 0.4) is 0 Å². The van der Waals surface area contributed by atoms with Gasteiger partial charge in [0.25, 0.3) is 0 Å². The van der Waals surface area contributed by atoms with Crippen LogP contribution in [-0.2, 0) is 6.54 Å². The lowest BCUT2D eigenvalue weighted by atomic mass is 10.2. The van der Waals surface area contributed by atoms with E-state index in [1.54, 1.807) is 6.20 Å². The molecule has 0 saturated carbocycles. The third kappa shape index (κ3) is 2.78. The predicted octanol–water partition coefficient (Wildman–Crippen LogP) is 0.749. The van der Waals surface area contributed by atoms with E-state index < -0.39 is 0 Å². The van der Waals surface area contributed by atoms with Crippen molar-refractivity contribution in [2.45, 2.75) is 13.0 Å². The molecule has 1 aliphatic rings. The van der Waals surface area contributed by atoms with Gasteiger partial charge >= 0.3 is 0 Å². The van der Waals surface area contributed by atoms with E-state index in [-0.39, 0.29) is 0 Å². The summed E-state index contributed by atoms with van der Waals surface area (Å²) in [6, 6.07) is 6.03. The highest BCUT2D eigenvalue weighted by molar-refractivity contribution is 5.30. The Kier molecular flexibility index (Phi) is 3.86. The van der Waals surface area contributed by atoms with Crippen LogP contribution in [0.25, 0.3) is 0 Å². The van der Waals surface area contributed by atoms with E-state index in [4.69, 9.17) is 5.26 Å². The van der Waals surface area contributed by atoms with Crippen molar-refractivity contribution in [2.24, 2.45) is 0 Å². The second-order valence-corrected chi connectivity index (χ2v) is 4.00. The topological polar surface area (TPSA) is 52.0 Å². The van der Waals surface area contributed by atoms with Crippen LogP contribution >= 0.6 is 0 Å². The molecule has 2 rings (SSSR count). The number of rotatable bonds is 2. The molecule has 1 fully saturated rings. The number of nitrogens with zero attached hydrogens (tertiary/aromatic N) is 3. The molecule has 16 heavy (non-hydrogen) atoms. The van der Waals surface area contributed by atoms with Gasteiger partial charge in [0.1, 0.15) is 11.8 Å². The maximum atomic E-state index is 8.96. The van der Waals surface area contributed by atoms with Gasteiger partial charge in [-0.25, -0.2) is 4.98 Å². The van der Waals surface area contributed by atoms with Crippen LogP contribution in [0.1, 0.15) is 17.7 Å². The molecule has 1 aromatic heterocycles. The second kappa shape index (κ2) is 5.59. The van der Waals surface area contributed by atoms with Crippen LogP contribution in [0, 0.1) is 11.3 Å². The Morgan fingerprint density at radius 3 is 3.25 bits per heavy atom. The summed E-state index contributed by atoms with van der Waals surface area (Å²) >= 11 is 0. The Morgan fingerprint density at radius 2 is 2.38 bits per heavy atom. The van der Waals surface area contributed by atoms with Crippen molar-refractivity contribution in [2.75, 3.05) is 26.2 Å². The third-order valence-corrected chi connectivity index (χ3v) is 2.82. The van der Waals surface area contributed by atoms with E-state index in [2.05, 4.69) is 21.3 Å². The number of hydrogen-bond acceptors (Lipinski definition) is 4. The fraction of sp³-hybridized carbons (Fsp3) is 0.500. The minimum absolute atomic E-state index is 0.555. The van der Waals surface area contributed by atoms with E-state index in [1.165, 1.54) is 6.42 Å². The first-order valence-electron chi connectivity index (χ1n) is 5.67. The third-order valence-electron chi connectivity index (χ3n) is 2.82. The number of pyridine rings is 1.